The zero-order chi connectivity index (χ0) is 11.7. The zero-order valence-electron chi connectivity index (χ0n) is 10.5. The quantitative estimate of drug-likeness (QED) is 0.630. The van der Waals surface area contributed by atoms with Crippen LogP contribution in [-0.2, 0) is 0 Å². The van der Waals surface area contributed by atoms with E-state index in [1.54, 1.807) is 16.7 Å². The number of hydrogen-bond acceptors (Lipinski definition) is 1. The monoisotopic (exact) mass is 227 g/mol. The molecular formula is C16H21N. The van der Waals surface area contributed by atoms with Crippen LogP contribution in [0.1, 0.15) is 38.5 Å². The van der Waals surface area contributed by atoms with E-state index in [9.17, 15) is 0 Å². The average molecular weight is 227 g/mol. The molecule has 0 aromatic rings. The van der Waals surface area contributed by atoms with Crippen molar-refractivity contribution in [3.63, 3.8) is 0 Å². The average Bonchev–Trinajstić information content (AvgIpc) is 2.54. The van der Waals surface area contributed by atoms with Crippen LogP contribution in [0.25, 0.3) is 0 Å². The molecule has 1 aliphatic heterocycles. The fourth-order valence-electron chi connectivity index (χ4n) is 3.82. The second-order valence-corrected chi connectivity index (χ2v) is 5.62. The van der Waals surface area contributed by atoms with E-state index in [-0.39, 0.29) is 0 Å². The molecule has 1 saturated carbocycles. The topological polar surface area (TPSA) is 12.4 Å². The van der Waals surface area contributed by atoms with E-state index in [4.69, 9.17) is 0 Å². The van der Waals surface area contributed by atoms with Crippen molar-refractivity contribution >= 4 is 6.21 Å². The minimum atomic E-state index is 0.823. The van der Waals surface area contributed by atoms with Crippen molar-refractivity contribution < 1.29 is 0 Å². The van der Waals surface area contributed by atoms with Crippen LogP contribution in [0, 0.1) is 11.8 Å². The van der Waals surface area contributed by atoms with Crippen molar-refractivity contribution in [1.82, 2.24) is 0 Å². The third-order valence-corrected chi connectivity index (χ3v) is 4.45. The molecule has 1 fully saturated rings. The zero-order valence-corrected chi connectivity index (χ0v) is 10.5. The first-order chi connectivity index (χ1) is 8.38. The molecule has 1 heteroatoms. The van der Waals surface area contributed by atoms with Gasteiger partial charge >= 0.3 is 0 Å². The summed E-state index contributed by atoms with van der Waals surface area (Å²) in [6.07, 6.45) is 14.2. The molecule has 0 saturated heterocycles. The highest BCUT2D eigenvalue weighted by Crippen LogP contribution is 2.46. The van der Waals surface area contributed by atoms with Crippen molar-refractivity contribution in [2.24, 2.45) is 16.8 Å². The van der Waals surface area contributed by atoms with Crippen molar-refractivity contribution in [3.05, 3.63) is 35.5 Å². The van der Waals surface area contributed by atoms with Gasteiger partial charge in [-0.15, -0.1) is 6.58 Å². The van der Waals surface area contributed by atoms with Crippen LogP contribution < -0.4 is 0 Å². The summed E-state index contributed by atoms with van der Waals surface area (Å²) in [5, 5.41) is 0. The lowest BCUT2D eigenvalue weighted by atomic mass is 9.68. The molecule has 0 spiro atoms. The van der Waals surface area contributed by atoms with E-state index in [2.05, 4.69) is 23.7 Å². The number of nitrogens with zero attached hydrogens (tertiary/aromatic N) is 1. The van der Waals surface area contributed by atoms with Gasteiger partial charge in [-0.3, -0.25) is 4.99 Å². The van der Waals surface area contributed by atoms with Crippen molar-refractivity contribution in [1.29, 1.82) is 0 Å². The van der Waals surface area contributed by atoms with Gasteiger partial charge in [0.15, 0.2) is 0 Å². The van der Waals surface area contributed by atoms with Crippen LogP contribution in [0.4, 0.5) is 0 Å². The van der Waals surface area contributed by atoms with Gasteiger partial charge in [-0.05, 0) is 73.2 Å². The fourth-order valence-corrected chi connectivity index (χ4v) is 3.82. The molecular weight excluding hydrogens is 206 g/mol. The molecule has 0 amide bonds. The van der Waals surface area contributed by atoms with Gasteiger partial charge in [0.25, 0.3) is 0 Å². The Kier molecular flexibility index (Phi) is 3.00. The highest BCUT2D eigenvalue weighted by molar-refractivity contribution is 5.75. The highest BCUT2D eigenvalue weighted by Gasteiger charge is 2.32. The fraction of sp³-hybridized carbons (Fsp3) is 0.562. The van der Waals surface area contributed by atoms with Crippen LogP contribution in [0.2, 0.25) is 0 Å². The molecule has 0 bridgehead atoms. The number of aliphatic imine (C=N–C) groups is 1. The molecule has 3 rings (SSSR count). The second-order valence-electron chi connectivity index (χ2n) is 5.62. The summed E-state index contributed by atoms with van der Waals surface area (Å²) < 4.78 is 0. The molecule has 17 heavy (non-hydrogen) atoms. The first-order valence-corrected chi connectivity index (χ1v) is 6.90. The Hall–Kier alpha value is -1.11. The lowest BCUT2D eigenvalue weighted by molar-refractivity contribution is 0.340. The summed E-state index contributed by atoms with van der Waals surface area (Å²) >= 11 is 0. The Morgan fingerprint density at radius 1 is 1.47 bits per heavy atom. The molecule has 2 aliphatic carbocycles. The maximum Gasteiger partial charge on any atom is 0.0605 e. The maximum atomic E-state index is 4.53. The Labute approximate surface area is 104 Å². The van der Waals surface area contributed by atoms with Crippen LogP contribution in [0.15, 0.2) is 40.4 Å². The minimum Gasteiger partial charge on any atom is -0.289 e. The molecule has 0 aromatic heterocycles. The van der Waals surface area contributed by atoms with E-state index >= 15 is 0 Å². The second kappa shape index (κ2) is 4.64. The molecule has 1 heterocycles. The Balaban J connectivity index is 1.95. The van der Waals surface area contributed by atoms with E-state index in [1.807, 2.05) is 6.21 Å². The van der Waals surface area contributed by atoms with Crippen molar-refractivity contribution in [3.8, 4) is 0 Å². The number of hydrogen-bond donors (Lipinski definition) is 0. The minimum absolute atomic E-state index is 0.823. The number of rotatable bonds is 2. The molecule has 1 nitrogen and oxygen atoms in total. The summed E-state index contributed by atoms with van der Waals surface area (Å²) in [5.74, 6) is 1.65. The predicted molar refractivity (Wildman–Crippen MR) is 73.3 cm³/mol. The van der Waals surface area contributed by atoms with Gasteiger partial charge < -0.3 is 0 Å². The molecule has 2 unspecified atom stereocenters. The van der Waals surface area contributed by atoms with Gasteiger partial charge in [-0.2, -0.15) is 0 Å². The smallest absolute Gasteiger partial charge is 0.0605 e. The lowest BCUT2D eigenvalue weighted by Crippen LogP contribution is -2.24. The van der Waals surface area contributed by atoms with E-state index in [0.717, 1.165) is 18.4 Å². The van der Waals surface area contributed by atoms with Crippen LogP contribution >= 0.6 is 0 Å². The standard InChI is InChI=1S/C16H21N/c1-2-4-12-9-14-6-3-5-13-7-8-17-11-15(10-12)16(13)14/h2,7-8,12,14H,1,3-6,9-11H2. The SMILES string of the molecule is C=CCC1CC2=C3C(=CC=NC2)CCCC3C1. The summed E-state index contributed by atoms with van der Waals surface area (Å²) in [4.78, 5) is 4.53. The van der Waals surface area contributed by atoms with Crippen LogP contribution in [0.5, 0.6) is 0 Å². The van der Waals surface area contributed by atoms with Crippen LogP contribution in [-0.4, -0.2) is 12.8 Å². The van der Waals surface area contributed by atoms with Gasteiger partial charge in [0.2, 0.25) is 0 Å². The first kappa shape index (κ1) is 11.0. The molecule has 0 radical (unpaired) electrons. The van der Waals surface area contributed by atoms with E-state index < -0.39 is 0 Å². The third kappa shape index (κ3) is 2.03. The van der Waals surface area contributed by atoms with Gasteiger partial charge in [0, 0.05) is 6.21 Å². The Morgan fingerprint density at radius 2 is 2.41 bits per heavy atom. The highest BCUT2D eigenvalue weighted by atomic mass is 14.7. The third-order valence-electron chi connectivity index (χ3n) is 4.45. The van der Waals surface area contributed by atoms with Crippen LogP contribution in [0.3, 0.4) is 0 Å². The Bertz CT molecular complexity index is 411. The van der Waals surface area contributed by atoms with Gasteiger partial charge in [0.1, 0.15) is 0 Å². The number of allylic oxidation sites excluding steroid dienone is 4. The van der Waals surface area contributed by atoms with Crippen molar-refractivity contribution in [2.45, 2.75) is 38.5 Å². The first-order valence-electron chi connectivity index (χ1n) is 6.90. The molecule has 90 valence electrons. The Morgan fingerprint density at radius 3 is 3.29 bits per heavy atom. The lowest BCUT2D eigenvalue weighted by Gasteiger charge is -2.37. The van der Waals surface area contributed by atoms with E-state index in [1.165, 1.54) is 38.5 Å². The van der Waals surface area contributed by atoms with Gasteiger partial charge in [0.05, 0.1) is 6.54 Å². The summed E-state index contributed by atoms with van der Waals surface area (Å²) in [5.41, 5.74) is 4.93. The largest absolute Gasteiger partial charge is 0.289 e. The predicted octanol–water partition coefficient (Wildman–Crippen LogP) is 4.08. The van der Waals surface area contributed by atoms with Gasteiger partial charge in [-0.25, -0.2) is 0 Å². The van der Waals surface area contributed by atoms with Crippen molar-refractivity contribution in [2.75, 3.05) is 6.54 Å². The molecule has 0 N–H and O–H groups in total. The summed E-state index contributed by atoms with van der Waals surface area (Å²) in [6.45, 7) is 4.84. The van der Waals surface area contributed by atoms with E-state index in [0.29, 0.717) is 0 Å². The maximum absolute atomic E-state index is 4.53. The summed E-state index contributed by atoms with van der Waals surface area (Å²) in [6, 6.07) is 0. The molecule has 2 atom stereocenters. The van der Waals surface area contributed by atoms with Gasteiger partial charge in [-0.1, -0.05) is 6.08 Å². The molecule has 3 aliphatic rings. The normalized spacial score (nSPS) is 31.6. The summed E-state index contributed by atoms with van der Waals surface area (Å²) in [7, 11) is 0. The molecule has 0 aromatic carbocycles.